The highest BCUT2D eigenvalue weighted by Crippen LogP contribution is 2.33. The summed E-state index contributed by atoms with van der Waals surface area (Å²) in [5, 5.41) is 2.83. The van der Waals surface area contributed by atoms with E-state index in [4.69, 9.17) is 0 Å². The molecule has 1 aromatic rings. The molecule has 1 aliphatic heterocycles. The van der Waals surface area contributed by atoms with Gasteiger partial charge in [0.15, 0.2) is 11.6 Å². The van der Waals surface area contributed by atoms with Gasteiger partial charge in [-0.3, -0.25) is 4.79 Å². The molecule has 1 aliphatic rings. The lowest BCUT2D eigenvalue weighted by atomic mass is 10.1. The lowest BCUT2D eigenvalue weighted by molar-refractivity contribution is -0.119. The Kier molecular flexibility index (Phi) is 2.83. The van der Waals surface area contributed by atoms with E-state index >= 15 is 0 Å². The molecule has 1 atom stereocenters. The van der Waals surface area contributed by atoms with E-state index in [9.17, 15) is 13.6 Å². The molecule has 5 heteroatoms. The molecule has 0 bridgehead atoms. The molecule has 0 aliphatic carbocycles. The molecule has 0 fully saturated rings. The van der Waals surface area contributed by atoms with Crippen molar-refractivity contribution >= 4 is 17.3 Å². The van der Waals surface area contributed by atoms with Crippen LogP contribution in [-0.4, -0.2) is 18.5 Å². The smallest absolute Gasteiger partial charge is 0.249 e. The lowest BCUT2D eigenvalue weighted by Gasteiger charge is -2.33. The summed E-state index contributed by atoms with van der Waals surface area (Å²) in [6.45, 7) is 5.48. The van der Waals surface area contributed by atoms with E-state index in [0.29, 0.717) is 11.4 Å². The van der Waals surface area contributed by atoms with Gasteiger partial charge < -0.3 is 10.2 Å². The SMILES string of the molecule is C=CCN1C(=O)C(C)Nc2cc(F)c(F)cc21. The van der Waals surface area contributed by atoms with Crippen LogP contribution < -0.4 is 10.2 Å². The number of benzene rings is 1. The molecular formula is C12H12F2N2O. The molecule has 0 spiro atoms. The van der Waals surface area contributed by atoms with Gasteiger partial charge in [0.25, 0.3) is 0 Å². The number of carbonyl (C=O) groups is 1. The van der Waals surface area contributed by atoms with Gasteiger partial charge in [-0.2, -0.15) is 0 Å². The maximum Gasteiger partial charge on any atom is 0.249 e. The molecule has 0 aromatic heterocycles. The standard InChI is InChI=1S/C12H12F2N2O/c1-3-4-16-11-6-9(14)8(13)5-10(11)15-7(2)12(16)17/h3,5-7,15H,1,4H2,2H3. The largest absolute Gasteiger partial charge is 0.372 e. The zero-order chi connectivity index (χ0) is 12.6. The first kappa shape index (κ1) is 11.6. The average molecular weight is 238 g/mol. The molecule has 0 radical (unpaired) electrons. The van der Waals surface area contributed by atoms with Crippen molar-refractivity contribution in [1.82, 2.24) is 0 Å². The number of nitrogens with zero attached hydrogens (tertiary/aromatic N) is 1. The van der Waals surface area contributed by atoms with Crippen molar-refractivity contribution in [3.8, 4) is 0 Å². The monoisotopic (exact) mass is 238 g/mol. The summed E-state index contributed by atoms with van der Waals surface area (Å²) in [5.74, 6) is -2.10. The predicted octanol–water partition coefficient (Wildman–Crippen LogP) is 2.30. The van der Waals surface area contributed by atoms with Gasteiger partial charge in [-0.1, -0.05) is 6.08 Å². The van der Waals surface area contributed by atoms with Crippen LogP contribution in [0.25, 0.3) is 0 Å². The van der Waals surface area contributed by atoms with Gasteiger partial charge in [0.05, 0.1) is 11.4 Å². The van der Waals surface area contributed by atoms with Crippen LogP contribution in [-0.2, 0) is 4.79 Å². The van der Waals surface area contributed by atoms with Crippen molar-refractivity contribution < 1.29 is 13.6 Å². The van der Waals surface area contributed by atoms with Crippen LogP contribution in [0.15, 0.2) is 24.8 Å². The Morgan fingerprint density at radius 1 is 1.47 bits per heavy atom. The third-order valence-electron chi connectivity index (χ3n) is 2.65. The van der Waals surface area contributed by atoms with Crippen LogP contribution in [0.5, 0.6) is 0 Å². The van der Waals surface area contributed by atoms with Gasteiger partial charge >= 0.3 is 0 Å². The summed E-state index contributed by atoms with van der Waals surface area (Å²) in [6, 6.07) is 1.61. The zero-order valence-corrected chi connectivity index (χ0v) is 9.34. The third kappa shape index (κ3) is 1.88. The molecule has 3 nitrogen and oxygen atoms in total. The van der Waals surface area contributed by atoms with E-state index in [1.165, 1.54) is 4.90 Å². The normalized spacial score (nSPS) is 18.6. The molecule has 90 valence electrons. The summed E-state index contributed by atoms with van der Waals surface area (Å²) in [6.07, 6.45) is 1.54. The topological polar surface area (TPSA) is 32.3 Å². The molecule has 17 heavy (non-hydrogen) atoms. The van der Waals surface area contributed by atoms with Crippen molar-refractivity contribution in [2.45, 2.75) is 13.0 Å². The van der Waals surface area contributed by atoms with E-state index in [2.05, 4.69) is 11.9 Å². The van der Waals surface area contributed by atoms with E-state index in [1.54, 1.807) is 13.0 Å². The first-order chi connectivity index (χ1) is 8.04. The van der Waals surface area contributed by atoms with Crippen LogP contribution in [0.3, 0.4) is 0 Å². The highest BCUT2D eigenvalue weighted by atomic mass is 19.2. The maximum absolute atomic E-state index is 13.2. The second-order valence-corrected chi connectivity index (χ2v) is 3.89. The van der Waals surface area contributed by atoms with Crippen LogP contribution in [0.1, 0.15) is 6.92 Å². The maximum atomic E-state index is 13.2. The highest BCUT2D eigenvalue weighted by Gasteiger charge is 2.29. The molecule has 1 amide bonds. The van der Waals surface area contributed by atoms with Crippen molar-refractivity contribution in [2.24, 2.45) is 0 Å². The summed E-state index contributed by atoms with van der Waals surface area (Å²) in [7, 11) is 0. The Bertz CT molecular complexity index is 488. The van der Waals surface area contributed by atoms with Crippen molar-refractivity contribution in [3.05, 3.63) is 36.4 Å². The fraction of sp³-hybridized carbons (Fsp3) is 0.250. The van der Waals surface area contributed by atoms with Crippen LogP contribution in [0.2, 0.25) is 0 Å². The Balaban J connectivity index is 2.53. The molecule has 1 N–H and O–H groups in total. The molecular weight excluding hydrogens is 226 g/mol. The number of anilines is 2. The predicted molar refractivity (Wildman–Crippen MR) is 62.0 cm³/mol. The van der Waals surface area contributed by atoms with Crippen molar-refractivity contribution in [3.63, 3.8) is 0 Å². The van der Waals surface area contributed by atoms with Crippen LogP contribution in [0, 0.1) is 11.6 Å². The third-order valence-corrected chi connectivity index (χ3v) is 2.65. The van der Waals surface area contributed by atoms with E-state index in [1.807, 2.05) is 0 Å². The summed E-state index contributed by atoms with van der Waals surface area (Å²) >= 11 is 0. The molecule has 2 rings (SSSR count). The fourth-order valence-corrected chi connectivity index (χ4v) is 1.84. The minimum atomic E-state index is -0.970. The van der Waals surface area contributed by atoms with Crippen LogP contribution >= 0.6 is 0 Å². The summed E-state index contributed by atoms with van der Waals surface area (Å²) < 4.78 is 26.3. The van der Waals surface area contributed by atoms with Gasteiger partial charge in [-0.25, -0.2) is 8.78 Å². The van der Waals surface area contributed by atoms with E-state index in [-0.39, 0.29) is 12.5 Å². The molecule has 0 saturated heterocycles. The number of rotatable bonds is 2. The van der Waals surface area contributed by atoms with Crippen LogP contribution in [0.4, 0.5) is 20.2 Å². The van der Waals surface area contributed by atoms with E-state index in [0.717, 1.165) is 12.1 Å². The molecule has 1 heterocycles. The molecule has 1 aromatic carbocycles. The zero-order valence-electron chi connectivity index (χ0n) is 9.34. The lowest BCUT2D eigenvalue weighted by Crippen LogP contribution is -2.45. The molecule has 1 unspecified atom stereocenters. The number of hydrogen-bond donors (Lipinski definition) is 1. The first-order valence-corrected chi connectivity index (χ1v) is 5.22. The molecule has 0 saturated carbocycles. The number of halogens is 2. The Hall–Kier alpha value is -1.91. The quantitative estimate of drug-likeness (QED) is 0.802. The van der Waals surface area contributed by atoms with Gasteiger partial charge in [0.1, 0.15) is 6.04 Å². The number of amides is 1. The second kappa shape index (κ2) is 4.16. The minimum Gasteiger partial charge on any atom is -0.372 e. The summed E-state index contributed by atoms with van der Waals surface area (Å²) in [5.41, 5.74) is 0.754. The van der Waals surface area contributed by atoms with Crippen molar-refractivity contribution in [1.29, 1.82) is 0 Å². The Morgan fingerprint density at radius 3 is 2.76 bits per heavy atom. The number of carbonyl (C=O) groups excluding carboxylic acids is 1. The van der Waals surface area contributed by atoms with Crippen molar-refractivity contribution in [2.75, 3.05) is 16.8 Å². The highest BCUT2D eigenvalue weighted by molar-refractivity contribution is 6.04. The Morgan fingerprint density at radius 2 is 2.12 bits per heavy atom. The second-order valence-electron chi connectivity index (χ2n) is 3.89. The minimum absolute atomic E-state index is 0.191. The Labute approximate surface area is 97.7 Å². The van der Waals surface area contributed by atoms with E-state index < -0.39 is 17.7 Å². The first-order valence-electron chi connectivity index (χ1n) is 5.22. The number of hydrogen-bond acceptors (Lipinski definition) is 2. The van der Waals surface area contributed by atoms with Gasteiger partial charge in [0, 0.05) is 18.7 Å². The van der Waals surface area contributed by atoms with Gasteiger partial charge in [-0.15, -0.1) is 6.58 Å². The van der Waals surface area contributed by atoms with Gasteiger partial charge in [-0.05, 0) is 6.92 Å². The number of fused-ring (bicyclic) bond motifs is 1. The number of nitrogens with one attached hydrogen (secondary N) is 1. The summed E-state index contributed by atoms with van der Waals surface area (Å²) in [4.78, 5) is 13.3. The fourth-order valence-electron chi connectivity index (χ4n) is 1.84. The van der Waals surface area contributed by atoms with Gasteiger partial charge in [0.2, 0.25) is 5.91 Å². The average Bonchev–Trinajstić information content (AvgIpc) is 2.28.